The topological polar surface area (TPSA) is 9.23 Å². The molecule has 1 nitrogen and oxygen atoms in total. The number of rotatable bonds is 3. The summed E-state index contributed by atoms with van der Waals surface area (Å²) in [5.41, 5.74) is 1.38. The maximum atomic E-state index is 5.79. The predicted molar refractivity (Wildman–Crippen MR) is 101 cm³/mol. The lowest BCUT2D eigenvalue weighted by Gasteiger charge is -2.30. The van der Waals surface area contributed by atoms with Crippen LogP contribution in [0, 0.1) is 0 Å². The predicted octanol–water partition coefficient (Wildman–Crippen LogP) is 5.62. The van der Waals surface area contributed by atoms with Crippen LogP contribution < -0.4 is 4.74 Å². The van der Waals surface area contributed by atoms with E-state index in [0.717, 1.165) is 12.2 Å². The second-order valence-electron chi connectivity index (χ2n) is 6.48. The Labute approximate surface area is 134 Å². The first kappa shape index (κ1) is 15.2. The van der Waals surface area contributed by atoms with Gasteiger partial charge in [0.15, 0.2) is 0 Å². The van der Waals surface area contributed by atoms with E-state index in [4.69, 9.17) is 4.74 Å². The fraction of sp³-hybridized carbons (Fsp3) is 0.300. The molecule has 0 aliphatic heterocycles. The van der Waals surface area contributed by atoms with Crippen molar-refractivity contribution in [3.05, 3.63) is 48.0 Å². The molecule has 0 radical (unpaired) electrons. The summed E-state index contributed by atoms with van der Waals surface area (Å²) < 4.78 is 5.79. The molecule has 0 atom stereocenters. The number of aryl methyl sites for hydroxylation is 1. The normalized spacial score (nSPS) is 12.8. The molecule has 0 aliphatic carbocycles. The Bertz CT molecular complexity index is 844. The van der Waals surface area contributed by atoms with Crippen molar-refractivity contribution in [3.63, 3.8) is 0 Å². The van der Waals surface area contributed by atoms with Crippen LogP contribution in [0.3, 0.4) is 0 Å². The quantitative estimate of drug-likeness (QED) is 0.571. The van der Waals surface area contributed by atoms with E-state index in [9.17, 15) is 0 Å². The molecule has 0 N–H and O–H groups in total. The van der Waals surface area contributed by atoms with Crippen molar-refractivity contribution in [2.75, 3.05) is 25.9 Å². The van der Waals surface area contributed by atoms with Crippen LogP contribution in [0.5, 0.6) is 5.75 Å². The molecule has 22 heavy (non-hydrogen) atoms. The SMILES string of the molecule is CCc1ccc2c(OC)c3ccccc3c(S(C)(C)C)c2c1. The Hall–Kier alpha value is -1.67. The van der Waals surface area contributed by atoms with Crippen LogP contribution >= 0.6 is 10.0 Å². The van der Waals surface area contributed by atoms with Crippen LogP contribution in [0.2, 0.25) is 0 Å². The average Bonchev–Trinajstić information content (AvgIpc) is 2.50. The average molecular weight is 312 g/mol. The van der Waals surface area contributed by atoms with Gasteiger partial charge >= 0.3 is 0 Å². The van der Waals surface area contributed by atoms with Crippen LogP contribution in [0.25, 0.3) is 21.5 Å². The molecule has 0 unspecified atom stereocenters. The molecule has 0 saturated heterocycles. The molecule has 0 spiro atoms. The van der Waals surface area contributed by atoms with Crippen LogP contribution in [0.15, 0.2) is 47.4 Å². The molecule has 3 aromatic rings. The molecule has 3 rings (SSSR count). The number of hydrogen-bond acceptors (Lipinski definition) is 1. The van der Waals surface area contributed by atoms with Crippen LogP contribution in [0.4, 0.5) is 0 Å². The Balaban J connectivity index is 2.60. The number of hydrogen-bond donors (Lipinski definition) is 0. The van der Waals surface area contributed by atoms with Gasteiger partial charge in [0.05, 0.1) is 7.11 Å². The van der Waals surface area contributed by atoms with Crippen molar-refractivity contribution in [1.29, 1.82) is 0 Å². The van der Waals surface area contributed by atoms with Crippen molar-refractivity contribution in [1.82, 2.24) is 0 Å². The number of methoxy groups -OCH3 is 1. The summed E-state index contributed by atoms with van der Waals surface area (Å²) in [6, 6.07) is 15.5. The van der Waals surface area contributed by atoms with Gasteiger partial charge in [0.1, 0.15) is 5.75 Å². The lowest BCUT2D eigenvalue weighted by atomic mass is 9.99. The number of fused-ring (bicyclic) bond motifs is 2. The van der Waals surface area contributed by atoms with Gasteiger partial charge in [0.2, 0.25) is 0 Å². The molecular formula is C20H24OS. The molecule has 3 aromatic carbocycles. The third-order valence-electron chi connectivity index (χ3n) is 4.21. The van der Waals surface area contributed by atoms with Gasteiger partial charge in [-0.05, 0) is 47.6 Å². The highest BCUT2D eigenvalue weighted by Crippen LogP contribution is 2.54. The van der Waals surface area contributed by atoms with Gasteiger partial charge in [0, 0.05) is 15.7 Å². The lowest BCUT2D eigenvalue weighted by Crippen LogP contribution is -1.99. The molecule has 0 bridgehead atoms. The fourth-order valence-electron chi connectivity index (χ4n) is 3.25. The summed E-state index contributed by atoms with van der Waals surface area (Å²) >= 11 is 0. The second-order valence-corrected chi connectivity index (χ2v) is 10.6. The summed E-state index contributed by atoms with van der Waals surface area (Å²) in [7, 11) is 0.915. The molecule has 0 amide bonds. The minimum Gasteiger partial charge on any atom is -0.495 e. The van der Waals surface area contributed by atoms with Gasteiger partial charge in [-0.1, -0.05) is 43.3 Å². The summed E-state index contributed by atoms with van der Waals surface area (Å²) in [6.07, 6.45) is 8.18. The highest BCUT2D eigenvalue weighted by atomic mass is 32.3. The Morgan fingerprint density at radius 1 is 0.864 bits per heavy atom. The van der Waals surface area contributed by atoms with E-state index in [1.807, 2.05) is 0 Å². The third kappa shape index (κ3) is 2.36. The Morgan fingerprint density at radius 3 is 2.09 bits per heavy atom. The largest absolute Gasteiger partial charge is 0.495 e. The van der Waals surface area contributed by atoms with E-state index in [2.05, 4.69) is 68.2 Å². The lowest BCUT2D eigenvalue weighted by molar-refractivity contribution is 0.424. The van der Waals surface area contributed by atoms with Crippen molar-refractivity contribution in [2.45, 2.75) is 18.2 Å². The third-order valence-corrected chi connectivity index (χ3v) is 5.88. The minimum absolute atomic E-state index is 0.862. The van der Waals surface area contributed by atoms with E-state index < -0.39 is 10.0 Å². The maximum absolute atomic E-state index is 5.79. The van der Waals surface area contributed by atoms with Crippen LogP contribution in [0.1, 0.15) is 12.5 Å². The minimum atomic E-state index is -0.862. The van der Waals surface area contributed by atoms with Crippen molar-refractivity contribution in [3.8, 4) is 5.75 Å². The Morgan fingerprint density at radius 2 is 1.50 bits per heavy atom. The summed E-state index contributed by atoms with van der Waals surface area (Å²) in [4.78, 5) is 1.49. The molecule has 0 fully saturated rings. The molecular weight excluding hydrogens is 288 g/mol. The van der Waals surface area contributed by atoms with Gasteiger partial charge in [0.25, 0.3) is 0 Å². The second kappa shape index (κ2) is 5.51. The van der Waals surface area contributed by atoms with Gasteiger partial charge in [-0.15, -0.1) is 0 Å². The molecule has 0 saturated carbocycles. The first-order valence-corrected chi connectivity index (χ1v) is 10.5. The molecule has 116 valence electrons. The van der Waals surface area contributed by atoms with E-state index in [1.165, 1.54) is 32.0 Å². The van der Waals surface area contributed by atoms with E-state index in [1.54, 1.807) is 7.11 Å². The summed E-state index contributed by atoms with van der Waals surface area (Å²) in [5.74, 6) is 1.00. The molecule has 0 heterocycles. The van der Waals surface area contributed by atoms with Crippen molar-refractivity contribution >= 4 is 31.6 Å². The van der Waals surface area contributed by atoms with E-state index in [-0.39, 0.29) is 0 Å². The Kier molecular flexibility index (Phi) is 3.82. The smallest absolute Gasteiger partial charge is 0.134 e. The van der Waals surface area contributed by atoms with Gasteiger partial charge in [-0.25, -0.2) is 10.0 Å². The first-order valence-electron chi connectivity index (χ1n) is 7.67. The van der Waals surface area contributed by atoms with Gasteiger partial charge in [-0.3, -0.25) is 0 Å². The van der Waals surface area contributed by atoms with Crippen LogP contribution in [-0.4, -0.2) is 25.9 Å². The van der Waals surface area contributed by atoms with E-state index in [0.29, 0.717) is 0 Å². The zero-order valence-corrected chi connectivity index (χ0v) is 14.9. The van der Waals surface area contributed by atoms with Gasteiger partial charge in [-0.2, -0.15) is 0 Å². The number of ether oxygens (including phenoxy) is 1. The zero-order valence-electron chi connectivity index (χ0n) is 14.1. The van der Waals surface area contributed by atoms with Crippen molar-refractivity contribution < 1.29 is 4.74 Å². The highest BCUT2D eigenvalue weighted by Gasteiger charge is 2.20. The van der Waals surface area contributed by atoms with Crippen LogP contribution in [-0.2, 0) is 6.42 Å². The highest BCUT2D eigenvalue weighted by molar-refractivity contribution is 8.32. The standard InChI is InChI=1S/C20H24OS/c1-6-14-11-12-16-18(13-14)20(22(3,4)5)17-10-8-7-9-15(17)19(16)21-2/h7-13H,6H2,1-5H3. The molecule has 0 aromatic heterocycles. The maximum Gasteiger partial charge on any atom is 0.134 e. The van der Waals surface area contributed by atoms with Gasteiger partial charge < -0.3 is 4.74 Å². The monoisotopic (exact) mass is 312 g/mol. The molecule has 0 aliphatic rings. The summed E-state index contributed by atoms with van der Waals surface area (Å²) in [6.45, 7) is 2.21. The van der Waals surface area contributed by atoms with E-state index >= 15 is 0 Å². The van der Waals surface area contributed by atoms with Crippen molar-refractivity contribution in [2.24, 2.45) is 0 Å². The first-order chi connectivity index (χ1) is 10.5. The zero-order chi connectivity index (χ0) is 15.9. The fourth-order valence-corrected chi connectivity index (χ4v) is 4.91. The summed E-state index contributed by atoms with van der Waals surface area (Å²) in [5, 5.41) is 5.15. The molecule has 2 heteroatoms. The number of benzene rings is 3.